The number of ether oxygens (including phenoxy) is 1. The maximum Gasteiger partial charge on any atom is 0.168 e. The van der Waals surface area contributed by atoms with E-state index in [1.165, 1.54) is 5.57 Å². The zero-order valence-corrected chi connectivity index (χ0v) is 14.4. The van der Waals surface area contributed by atoms with Crippen molar-refractivity contribution in [1.29, 1.82) is 0 Å². The minimum atomic E-state index is -0.451. The molecular weight excluding hydrogens is 291 g/mol. The first-order valence-corrected chi connectivity index (χ1v) is 8.91. The van der Waals surface area contributed by atoms with Gasteiger partial charge in [0.2, 0.25) is 0 Å². The van der Waals surface area contributed by atoms with Gasteiger partial charge in [-0.2, -0.15) is 0 Å². The normalized spacial score (nSPS) is 26.1. The standard InChI is InChI=1S/C20H27FO2/c1-4-5-6-7-14-11-17-18(20(22)19(14)21)16-10-12(2)8-9-15(16)13(3)23-17/h10-11,13,15-16,22H,4-9H2,1-3H3. The minimum Gasteiger partial charge on any atom is -0.505 e. The maximum atomic E-state index is 14.6. The lowest BCUT2D eigenvalue weighted by atomic mass is 9.72. The first-order chi connectivity index (χ1) is 11.0. The first-order valence-electron chi connectivity index (χ1n) is 8.91. The Bertz CT molecular complexity index is 621. The number of rotatable bonds is 4. The third kappa shape index (κ3) is 2.98. The van der Waals surface area contributed by atoms with Crippen LogP contribution in [0.4, 0.5) is 4.39 Å². The molecule has 1 aliphatic carbocycles. The Balaban J connectivity index is 2.01. The Morgan fingerprint density at radius 3 is 2.87 bits per heavy atom. The second-order valence-electron chi connectivity index (χ2n) is 7.13. The molecule has 23 heavy (non-hydrogen) atoms. The number of hydrogen-bond donors (Lipinski definition) is 1. The van der Waals surface area contributed by atoms with Crippen molar-refractivity contribution in [3.05, 3.63) is 34.7 Å². The molecule has 2 nitrogen and oxygen atoms in total. The van der Waals surface area contributed by atoms with Gasteiger partial charge in [0.05, 0.1) is 6.10 Å². The van der Waals surface area contributed by atoms with Crippen molar-refractivity contribution in [2.24, 2.45) is 5.92 Å². The molecule has 0 bridgehead atoms. The van der Waals surface area contributed by atoms with E-state index in [9.17, 15) is 9.50 Å². The molecule has 1 aromatic rings. The number of phenols is 1. The Morgan fingerprint density at radius 1 is 1.35 bits per heavy atom. The number of unbranched alkanes of at least 4 members (excludes halogenated alkanes) is 2. The number of phenolic OH excluding ortho intramolecular Hbond substituents is 1. The molecule has 0 amide bonds. The zero-order chi connectivity index (χ0) is 16.6. The average molecular weight is 318 g/mol. The highest BCUT2D eigenvalue weighted by Gasteiger charge is 2.39. The van der Waals surface area contributed by atoms with Gasteiger partial charge in [-0.3, -0.25) is 0 Å². The molecule has 126 valence electrons. The van der Waals surface area contributed by atoms with Crippen LogP contribution in [0.1, 0.15) is 69.9 Å². The van der Waals surface area contributed by atoms with Crippen LogP contribution in [0.2, 0.25) is 0 Å². The summed E-state index contributed by atoms with van der Waals surface area (Å²) >= 11 is 0. The van der Waals surface area contributed by atoms with Gasteiger partial charge in [-0.15, -0.1) is 0 Å². The van der Waals surface area contributed by atoms with Gasteiger partial charge in [-0.1, -0.05) is 31.4 Å². The average Bonchev–Trinajstić information content (AvgIpc) is 2.52. The molecule has 3 rings (SSSR count). The molecule has 1 N–H and O–H groups in total. The van der Waals surface area contributed by atoms with Crippen LogP contribution in [0, 0.1) is 11.7 Å². The summed E-state index contributed by atoms with van der Waals surface area (Å²) in [6.45, 7) is 6.33. The third-order valence-electron chi connectivity index (χ3n) is 5.41. The van der Waals surface area contributed by atoms with Crippen LogP contribution in [0.25, 0.3) is 0 Å². The largest absolute Gasteiger partial charge is 0.505 e. The quantitative estimate of drug-likeness (QED) is 0.588. The SMILES string of the molecule is CCCCCc1cc2c(c(O)c1F)C1C=C(C)CCC1C(C)O2. The third-order valence-corrected chi connectivity index (χ3v) is 5.41. The highest BCUT2D eigenvalue weighted by Crippen LogP contribution is 2.51. The predicted molar refractivity (Wildman–Crippen MR) is 90.6 cm³/mol. The van der Waals surface area contributed by atoms with Gasteiger partial charge < -0.3 is 9.84 Å². The van der Waals surface area contributed by atoms with Crippen molar-refractivity contribution >= 4 is 0 Å². The van der Waals surface area contributed by atoms with Gasteiger partial charge in [0.25, 0.3) is 0 Å². The molecule has 3 unspecified atom stereocenters. The van der Waals surface area contributed by atoms with Gasteiger partial charge in [0.15, 0.2) is 11.6 Å². The number of fused-ring (bicyclic) bond motifs is 3. The van der Waals surface area contributed by atoms with Crippen LogP contribution in [-0.4, -0.2) is 11.2 Å². The molecule has 0 aromatic heterocycles. The molecular formula is C20H27FO2. The molecule has 1 aliphatic heterocycles. The van der Waals surface area contributed by atoms with E-state index in [1.54, 1.807) is 0 Å². The van der Waals surface area contributed by atoms with E-state index in [4.69, 9.17) is 4.74 Å². The summed E-state index contributed by atoms with van der Waals surface area (Å²) in [5.74, 6) is 0.425. The summed E-state index contributed by atoms with van der Waals surface area (Å²) in [5, 5.41) is 10.5. The van der Waals surface area contributed by atoms with E-state index in [1.807, 2.05) is 6.07 Å². The van der Waals surface area contributed by atoms with Crippen LogP contribution >= 0.6 is 0 Å². The lowest BCUT2D eigenvalue weighted by Gasteiger charge is -2.40. The lowest BCUT2D eigenvalue weighted by molar-refractivity contribution is 0.106. The number of allylic oxidation sites excluding steroid dienone is 2. The Kier molecular flexibility index (Phi) is 4.65. The van der Waals surface area contributed by atoms with E-state index in [0.717, 1.165) is 32.1 Å². The van der Waals surface area contributed by atoms with Crippen molar-refractivity contribution < 1.29 is 14.2 Å². The number of aromatic hydroxyl groups is 1. The smallest absolute Gasteiger partial charge is 0.168 e. The molecule has 1 heterocycles. The van der Waals surface area contributed by atoms with Crippen LogP contribution in [0.15, 0.2) is 17.7 Å². The number of halogens is 1. The molecule has 0 saturated heterocycles. The fraction of sp³-hybridized carbons (Fsp3) is 0.600. The van der Waals surface area contributed by atoms with Crippen LogP contribution in [-0.2, 0) is 6.42 Å². The Labute approximate surface area is 138 Å². The van der Waals surface area contributed by atoms with Gasteiger partial charge in [0, 0.05) is 17.4 Å². The molecule has 0 radical (unpaired) electrons. The van der Waals surface area contributed by atoms with Gasteiger partial charge >= 0.3 is 0 Å². The highest BCUT2D eigenvalue weighted by molar-refractivity contribution is 5.54. The van der Waals surface area contributed by atoms with Crippen LogP contribution in [0.3, 0.4) is 0 Å². The van der Waals surface area contributed by atoms with Crippen molar-refractivity contribution in [1.82, 2.24) is 0 Å². The number of hydrogen-bond acceptors (Lipinski definition) is 2. The molecule has 2 aliphatic rings. The number of benzene rings is 1. The number of aryl methyl sites for hydroxylation is 1. The van der Waals surface area contributed by atoms with Gasteiger partial charge in [-0.25, -0.2) is 4.39 Å². The predicted octanol–water partition coefficient (Wildman–Crippen LogP) is 5.48. The lowest BCUT2D eigenvalue weighted by Crippen LogP contribution is -2.35. The van der Waals surface area contributed by atoms with E-state index < -0.39 is 5.82 Å². The summed E-state index contributed by atoms with van der Waals surface area (Å²) in [6, 6.07) is 1.82. The summed E-state index contributed by atoms with van der Waals surface area (Å²) in [6.07, 6.45) is 8.15. The summed E-state index contributed by atoms with van der Waals surface area (Å²) in [5.41, 5.74) is 2.55. The maximum absolute atomic E-state index is 14.6. The Morgan fingerprint density at radius 2 is 2.13 bits per heavy atom. The Hall–Kier alpha value is -1.51. The minimum absolute atomic E-state index is 0.0710. The molecule has 0 spiro atoms. The van der Waals surface area contributed by atoms with Crippen LogP contribution < -0.4 is 4.74 Å². The second-order valence-corrected chi connectivity index (χ2v) is 7.13. The second kappa shape index (κ2) is 6.54. The first kappa shape index (κ1) is 16.4. The topological polar surface area (TPSA) is 29.5 Å². The van der Waals surface area contributed by atoms with Crippen molar-refractivity contribution in [2.45, 2.75) is 71.3 Å². The fourth-order valence-electron chi connectivity index (χ4n) is 4.05. The molecule has 3 atom stereocenters. The molecule has 0 saturated carbocycles. The summed E-state index contributed by atoms with van der Waals surface area (Å²) < 4.78 is 20.7. The summed E-state index contributed by atoms with van der Waals surface area (Å²) in [7, 11) is 0. The van der Waals surface area contributed by atoms with Crippen LogP contribution in [0.5, 0.6) is 11.5 Å². The van der Waals surface area contributed by atoms with E-state index in [-0.39, 0.29) is 17.8 Å². The van der Waals surface area contributed by atoms with Gasteiger partial charge in [-0.05, 0) is 51.2 Å². The fourth-order valence-corrected chi connectivity index (χ4v) is 4.05. The van der Waals surface area contributed by atoms with Crippen molar-refractivity contribution in [2.75, 3.05) is 0 Å². The zero-order valence-electron chi connectivity index (χ0n) is 14.4. The molecule has 3 heteroatoms. The molecule has 0 fully saturated rings. The van der Waals surface area contributed by atoms with E-state index in [2.05, 4.69) is 26.8 Å². The van der Waals surface area contributed by atoms with Gasteiger partial charge in [0.1, 0.15) is 5.75 Å². The van der Waals surface area contributed by atoms with Crippen molar-refractivity contribution in [3.63, 3.8) is 0 Å². The summed E-state index contributed by atoms with van der Waals surface area (Å²) in [4.78, 5) is 0. The van der Waals surface area contributed by atoms with E-state index in [0.29, 0.717) is 29.2 Å². The molecule has 1 aromatic carbocycles. The van der Waals surface area contributed by atoms with E-state index >= 15 is 0 Å². The van der Waals surface area contributed by atoms with Crippen molar-refractivity contribution in [3.8, 4) is 11.5 Å². The monoisotopic (exact) mass is 318 g/mol. The highest BCUT2D eigenvalue weighted by atomic mass is 19.1.